The van der Waals surface area contributed by atoms with E-state index in [0.29, 0.717) is 6.54 Å². The number of likely N-dealkylation sites (N-methyl/N-ethyl adjacent to an activating group) is 1. The number of hydrogen-bond donors (Lipinski definition) is 2. The predicted molar refractivity (Wildman–Crippen MR) is 114 cm³/mol. The normalized spacial score (nSPS) is 17.4. The summed E-state index contributed by atoms with van der Waals surface area (Å²) in [5.41, 5.74) is 0.919. The summed E-state index contributed by atoms with van der Waals surface area (Å²) in [6.45, 7) is 13.5. The smallest absolute Gasteiger partial charge is 0.191 e. The van der Waals surface area contributed by atoms with Gasteiger partial charge in [0.05, 0.1) is 0 Å². The number of para-hydroxylation sites is 1. The first-order valence-corrected chi connectivity index (χ1v) is 10.00. The van der Waals surface area contributed by atoms with Gasteiger partial charge in [0.1, 0.15) is 11.4 Å². The maximum absolute atomic E-state index is 6.07. The Balaban J connectivity index is 1.79. The number of rotatable bonds is 6. The van der Waals surface area contributed by atoms with Gasteiger partial charge < -0.3 is 25.2 Å². The van der Waals surface area contributed by atoms with Crippen LogP contribution >= 0.6 is 0 Å². The lowest BCUT2D eigenvalue weighted by Crippen LogP contribution is -2.42. The Morgan fingerprint density at radius 1 is 1.11 bits per heavy atom. The summed E-state index contributed by atoms with van der Waals surface area (Å²) in [7, 11) is 4.02. The van der Waals surface area contributed by atoms with Crippen LogP contribution in [0, 0.1) is 0 Å². The van der Waals surface area contributed by atoms with E-state index in [2.05, 4.69) is 59.3 Å². The Bertz CT molecular complexity index is 596. The fraction of sp³-hybridized carbons (Fsp3) is 0.667. The van der Waals surface area contributed by atoms with E-state index in [4.69, 9.17) is 4.74 Å². The molecule has 1 aliphatic rings. The molecule has 1 saturated heterocycles. The van der Waals surface area contributed by atoms with E-state index in [9.17, 15) is 0 Å². The van der Waals surface area contributed by atoms with Gasteiger partial charge in [-0.25, -0.2) is 0 Å². The van der Waals surface area contributed by atoms with Gasteiger partial charge in [-0.1, -0.05) is 18.2 Å². The second kappa shape index (κ2) is 10.5. The highest BCUT2D eigenvalue weighted by molar-refractivity contribution is 5.79. The topological polar surface area (TPSA) is 52.1 Å². The largest absolute Gasteiger partial charge is 0.488 e. The van der Waals surface area contributed by atoms with Crippen LogP contribution in [0.25, 0.3) is 0 Å². The standard InChI is InChI=1S/C21H37N5O/c1-21(2,3)27-19-10-7-6-9-18(19)17-24-20(22-4)23-11-14-26-13-8-12-25(5)15-16-26/h6-7,9-10H,8,11-17H2,1-5H3,(H2,22,23,24). The van der Waals surface area contributed by atoms with E-state index in [1.54, 1.807) is 0 Å². The Morgan fingerprint density at radius 3 is 2.63 bits per heavy atom. The predicted octanol–water partition coefficient (Wildman–Crippen LogP) is 2.17. The molecular formula is C21H37N5O. The van der Waals surface area contributed by atoms with Crippen molar-refractivity contribution in [3.63, 3.8) is 0 Å². The zero-order valence-corrected chi connectivity index (χ0v) is 17.7. The first-order chi connectivity index (χ1) is 12.9. The van der Waals surface area contributed by atoms with E-state index in [-0.39, 0.29) is 5.60 Å². The highest BCUT2D eigenvalue weighted by Gasteiger charge is 2.15. The summed E-state index contributed by atoms with van der Waals surface area (Å²) in [5.74, 6) is 1.74. The summed E-state index contributed by atoms with van der Waals surface area (Å²) in [4.78, 5) is 9.28. The average Bonchev–Trinajstić information content (AvgIpc) is 2.82. The van der Waals surface area contributed by atoms with E-state index >= 15 is 0 Å². The van der Waals surface area contributed by atoms with Crippen LogP contribution in [-0.4, -0.2) is 74.7 Å². The molecule has 152 valence electrons. The van der Waals surface area contributed by atoms with Crippen molar-refractivity contribution in [3.05, 3.63) is 29.8 Å². The molecule has 1 aromatic carbocycles. The molecule has 27 heavy (non-hydrogen) atoms. The average molecular weight is 376 g/mol. The maximum Gasteiger partial charge on any atom is 0.191 e. The minimum Gasteiger partial charge on any atom is -0.488 e. The summed E-state index contributed by atoms with van der Waals surface area (Å²) in [6.07, 6.45) is 1.24. The SMILES string of the molecule is CN=C(NCCN1CCCN(C)CC1)NCc1ccccc1OC(C)(C)C. The summed E-state index contributed by atoms with van der Waals surface area (Å²) >= 11 is 0. The quantitative estimate of drug-likeness (QED) is 0.590. The van der Waals surface area contributed by atoms with Gasteiger partial charge in [-0.05, 0) is 53.4 Å². The molecule has 2 rings (SSSR count). The van der Waals surface area contributed by atoms with Crippen LogP contribution in [0.3, 0.4) is 0 Å². The van der Waals surface area contributed by atoms with Crippen molar-refractivity contribution in [2.75, 3.05) is 53.4 Å². The second-order valence-electron chi connectivity index (χ2n) is 8.17. The highest BCUT2D eigenvalue weighted by atomic mass is 16.5. The fourth-order valence-corrected chi connectivity index (χ4v) is 3.13. The zero-order valence-electron chi connectivity index (χ0n) is 17.7. The molecule has 0 unspecified atom stereocenters. The van der Waals surface area contributed by atoms with Crippen molar-refractivity contribution in [1.29, 1.82) is 0 Å². The minimum atomic E-state index is -0.211. The molecule has 0 atom stereocenters. The third-order valence-corrected chi connectivity index (χ3v) is 4.59. The number of nitrogens with one attached hydrogen (secondary N) is 2. The van der Waals surface area contributed by atoms with Crippen molar-refractivity contribution in [2.45, 2.75) is 39.3 Å². The highest BCUT2D eigenvalue weighted by Crippen LogP contribution is 2.22. The van der Waals surface area contributed by atoms with Gasteiger partial charge >= 0.3 is 0 Å². The first kappa shape index (κ1) is 21.5. The van der Waals surface area contributed by atoms with Crippen LogP contribution in [0.1, 0.15) is 32.8 Å². The lowest BCUT2D eigenvalue weighted by molar-refractivity contribution is 0.129. The number of guanidine groups is 1. The van der Waals surface area contributed by atoms with Gasteiger partial charge in [0, 0.05) is 45.3 Å². The molecule has 0 bridgehead atoms. The second-order valence-corrected chi connectivity index (χ2v) is 8.17. The lowest BCUT2D eigenvalue weighted by Gasteiger charge is -2.24. The van der Waals surface area contributed by atoms with Gasteiger partial charge in [0.2, 0.25) is 0 Å². The Hall–Kier alpha value is -1.79. The zero-order chi connectivity index (χ0) is 19.7. The molecule has 0 aliphatic carbocycles. The van der Waals surface area contributed by atoms with Crippen LogP contribution in [0.4, 0.5) is 0 Å². The van der Waals surface area contributed by atoms with Gasteiger partial charge in [0.15, 0.2) is 5.96 Å². The molecule has 0 spiro atoms. The van der Waals surface area contributed by atoms with Crippen LogP contribution in [0.15, 0.2) is 29.3 Å². The molecule has 0 amide bonds. The van der Waals surface area contributed by atoms with Crippen molar-refractivity contribution in [3.8, 4) is 5.75 Å². The molecule has 6 heteroatoms. The molecule has 1 fully saturated rings. The lowest BCUT2D eigenvalue weighted by atomic mass is 10.1. The van der Waals surface area contributed by atoms with E-state index < -0.39 is 0 Å². The van der Waals surface area contributed by atoms with Crippen LogP contribution in [-0.2, 0) is 6.54 Å². The summed E-state index contributed by atoms with van der Waals surface area (Å²) < 4.78 is 6.07. The summed E-state index contributed by atoms with van der Waals surface area (Å²) in [5, 5.41) is 6.83. The van der Waals surface area contributed by atoms with Crippen LogP contribution in [0.2, 0.25) is 0 Å². The number of aliphatic imine (C=N–C) groups is 1. The van der Waals surface area contributed by atoms with Crippen molar-refractivity contribution < 1.29 is 4.74 Å². The van der Waals surface area contributed by atoms with Crippen LogP contribution in [0.5, 0.6) is 5.75 Å². The monoisotopic (exact) mass is 375 g/mol. The summed E-state index contributed by atoms with van der Waals surface area (Å²) in [6, 6.07) is 8.17. The van der Waals surface area contributed by atoms with Crippen LogP contribution < -0.4 is 15.4 Å². The van der Waals surface area contributed by atoms with E-state index in [0.717, 1.165) is 43.5 Å². The molecular weight excluding hydrogens is 338 g/mol. The molecule has 0 aromatic heterocycles. The fourth-order valence-electron chi connectivity index (χ4n) is 3.13. The first-order valence-electron chi connectivity index (χ1n) is 10.00. The number of hydrogen-bond acceptors (Lipinski definition) is 4. The number of ether oxygens (including phenoxy) is 1. The third kappa shape index (κ3) is 8.18. The van der Waals surface area contributed by atoms with Gasteiger partial charge in [0.25, 0.3) is 0 Å². The maximum atomic E-state index is 6.07. The van der Waals surface area contributed by atoms with Gasteiger partial charge in [-0.3, -0.25) is 4.99 Å². The van der Waals surface area contributed by atoms with Crippen molar-refractivity contribution in [1.82, 2.24) is 20.4 Å². The third-order valence-electron chi connectivity index (χ3n) is 4.59. The molecule has 0 saturated carbocycles. The van der Waals surface area contributed by atoms with E-state index in [1.165, 1.54) is 19.5 Å². The van der Waals surface area contributed by atoms with E-state index in [1.807, 2.05) is 25.2 Å². The molecule has 6 nitrogen and oxygen atoms in total. The Kier molecular flexibility index (Phi) is 8.38. The molecule has 1 aromatic rings. The van der Waals surface area contributed by atoms with Crippen molar-refractivity contribution >= 4 is 5.96 Å². The number of nitrogens with zero attached hydrogens (tertiary/aromatic N) is 3. The van der Waals surface area contributed by atoms with Gasteiger partial charge in [-0.2, -0.15) is 0 Å². The molecule has 1 aliphatic heterocycles. The molecule has 1 heterocycles. The van der Waals surface area contributed by atoms with Crippen molar-refractivity contribution in [2.24, 2.45) is 4.99 Å². The Morgan fingerprint density at radius 2 is 1.89 bits per heavy atom. The molecule has 2 N–H and O–H groups in total. The minimum absolute atomic E-state index is 0.211. The van der Waals surface area contributed by atoms with Gasteiger partial charge in [-0.15, -0.1) is 0 Å². The molecule has 0 radical (unpaired) electrons. The Labute approximate surface area is 165 Å². The number of benzene rings is 1.